The molecule has 4 rings (SSSR count). The lowest BCUT2D eigenvalue weighted by Gasteiger charge is -2.23. The lowest BCUT2D eigenvalue weighted by molar-refractivity contribution is -0.137. The van der Waals surface area contributed by atoms with E-state index in [1.165, 1.54) is 37.3 Å². The van der Waals surface area contributed by atoms with E-state index in [0.717, 1.165) is 36.7 Å². The van der Waals surface area contributed by atoms with Crippen molar-refractivity contribution in [3.8, 4) is 22.3 Å². The number of fused-ring (bicyclic) bond motifs is 1. The molecule has 4 aromatic rings. The second-order valence-corrected chi connectivity index (χ2v) is 10.00. The zero-order valence-electron chi connectivity index (χ0n) is 18.3. The van der Waals surface area contributed by atoms with Crippen LogP contribution in [0.1, 0.15) is 16.7 Å². The fourth-order valence-corrected chi connectivity index (χ4v) is 5.07. The van der Waals surface area contributed by atoms with Gasteiger partial charge in [-0.2, -0.15) is 26.3 Å². The Morgan fingerprint density at radius 3 is 2.00 bits per heavy atom. The molecule has 0 saturated heterocycles. The van der Waals surface area contributed by atoms with E-state index in [9.17, 15) is 34.8 Å². The maximum atomic E-state index is 14.7. The van der Waals surface area contributed by atoms with Crippen LogP contribution in [0.25, 0.3) is 33.2 Å². The topological polar surface area (TPSA) is 47.0 Å². The third kappa shape index (κ3) is 4.50. The van der Waals surface area contributed by atoms with Gasteiger partial charge in [-0.25, -0.2) is 8.42 Å². The van der Waals surface area contributed by atoms with Crippen LogP contribution in [0.4, 0.5) is 26.3 Å². The molecule has 0 spiro atoms. The molecule has 1 aromatic heterocycles. The van der Waals surface area contributed by atoms with E-state index < -0.39 is 49.3 Å². The average Bonchev–Trinajstić information content (AvgIpc) is 2.76. The van der Waals surface area contributed by atoms with Crippen LogP contribution in [0.3, 0.4) is 0 Å². The molecule has 3 aromatic carbocycles. The molecule has 3 nitrogen and oxygen atoms in total. The number of hydrogen-bond acceptors (Lipinski definition) is 3. The number of pyridine rings is 1. The monoisotopic (exact) mass is 509 g/mol. The molecule has 0 bridgehead atoms. The summed E-state index contributed by atoms with van der Waals surface area (Å²) in [5, 5.41) is -0.236. The van der Waals surface area contributed by atoms with E-state index in [2.05, 4.69) is 4.98 Å². The van der Waals surface area contributed by atoms with Gasteiger partial charge in [0, 0.05) is 23.4 Å². The minimum absolute atomic E-state index is 0.0948. The van der Waals surface area contributed by atoms with Crippen LogP contribution < -0.4 is 0 Å². The average molecular weight is 509 g/mol. The molecule has 0 saturated carbocycles. The quantitative estimate of drug-likeness (QED) is 0.272. The summed E-state index contributed by atoms with van der Waals surface area (Å²) >= 11 is 0. The summed E-state index contributed by atoms with van der Waals surface area (Å²) in [5.74, 6) is 0. The van der Waals surface area contributed by atoms with Crippen LogP contribution in [0.2, 0.25) is 0 Å². The van der Waals surface area contributed by atoms with Gasteiger partial charge in [0.1, 0.15) is 0 Å². The van der Waals surface area contributed by atoms with Crippen molar-refractivity contribution in [3.05, 3.63) is 83.6 Å². The van der Waals surface area contributed by atoms with Crippen molar-refractivity contribution in [1.29, 1.82) is 0 Å². The molecular formula is C25H17F6NO2S. The number of hydrogen-bond donors (Lipinski definition) is 0. The minimum Gasteiger partial charge on any atom is -0.255 e. The predicted molar refractivity (Wildman–Crippen MR) is 120 cm³/mol. The Kier molecular flexibility index (Phi) is 5.91. The van der Waals surface area contributed by atoms with Gasteiger partial charge in [0.25, 0.3) is 0 Å². The van der Waals surface area contributed by atoms with Crippen LogP contribution in [0, 0.1) is 6.92 Å². The largest absolute Gasteiger partial charge is 0.418 e. The van der Waals surface area contributed by atoms with E-state index in [-0.39, 0.29) is 27.6 Å². The molecule has 10 heteroatoms. The third-order valence-corrected chi connectivity index (χ3v) is 6.72. The number of alkyl halides is 6. The summed E-state index contributed by atoms with van der Waals surface area (Å²) in [5.41, 5.74) is -3.96. The second-order valence-electron chi connectivity index (χ2n) is 8.01. The number of sulfone groups is 1. The maximum Gasteiger partial charge on any atom is 0.418 e. The highest BCUT2D eigenvalue weighted by Gasteiger charge is 2.41. The fourth-order valence-electron chi connectivity index (χ4n) is 4.18. The van der Waals surface area contributed by atoms with E-state index >= 15 is 0 Å². The van der Waals surface area contributed by atoms with Crippen molar-refractivity contribution < 1.29 is 34.8 Å². The number of aryl methyl sites for hydroxylation is 1. The number of nitrogens with zero attached hydrogens (tertiary/aromatic N) is 1. The Hall–Kier alpha value is -3.40. The van der Waals surface area contributed by atoms with Crippen LogP contribution in [-0.4, -0.2) is 19.7 Å². The van der Waals surface area contributed by atoms with Crippen molar-refractivity contribution in [3.63, 3.8) is 0 Å². The molecule has 0 aliphatic rings. The molecule has 182 valence electrons. The molecule has 1 heterocycles. The van der Waals surface area contributed by atoms with Gasteiger partial charge in [-0.1, -0.05) is 48.5 Å². The molecule has 0 amide bonds. The van der Waals surface area contributed by atoms with Crippen molar-refractivity contribution in [2.75, 3.05) is 6.26 Å². The van der Waals surface area contributed by atoms with Gasteiger partial charge in [0.05, 0.1) is 21.5 Å². The smallest absolute Gasteiger partial charge is 0.255 e. The highest BCUT2D eigenvalue weighted by Crippen LogP contribution is 2.49. The molecule has 0 atom stereocenters. The van der Waals surface area contributed by atoms with Gasteiger partial charge in [-0.05, 0) is 41.3 Å². The van der Waals surface area contributed by atoms with Crippen molar-refractivity contribution in [2.45, 2.75) is 24.2 Å². The zero-order chi connectivity index (χ0) is 25.8. The highest BCUT2D eigenvalue weighted by atomic mass is 32.2. The molecule has 0 N–H and O–H groups in total. The van der Waals surface area contributed by atoms with Gasteiger partial charge < -0.3 is 0 Å². The Labute approximate surface area is 197 Å². The Bertz CT molecular complexity index is 1540. The first-order valence-electron chi connectivity index (χ1n) is 10.2. The second kappa shape index (κ2) is 8.37. The first-order chi connectivity index (χ1) is 16.2. The summed E-state index contributed by atoms with van der Waals surface area (Å²) in [6.45, 7) is 1.38. The SMILES string of the molecule is Cc1cnc2c(C(F)(F)F)cccc2c1-c1c(S(C)(=O)=O)ccc(-c2ccccc2)c1C(F)(F)F. The van der Waals surface area contributed by atoms with Crippen LogP contribution in [0.5, 0.6) is 0 Å². The first kappa shape index (κ1) is 24.7. The van der Waals surface area contributed by atoms with Crippen molar-refractivity contribution in [2.24, 2.45) is 0 Å². The van der Waals surface area contributed by atoms with Crippen LogP contribution >= 0.6 is 0 Å². The summed E-state index contributed by atoms with van der Waals surface area (Å²) < 4.78 is 110. The zero-order valence-corrected chi connectivity index (χ0v) is 19.1. The van der Waals surface area contributed by atoms with Crippen LogP contribution in [-0.2, 0) is 22.2 Å². The Morgan fingerprint density at radius 1 is 0.771 bits per heavy atom. The third-order valence-electron chi connectivity index (χ3n) is 5.58. The van der Waals surface area contributed by atoms with Gasteiger partial charge in [0.2, 0.25) is 0 Å². The van der Waals surface area contributed by atoms with Gasteiger partial charge in [-0.15, -0.1) is 0 Å². The van der Waals surface area contributed by atoms with Gasteiger partial charge in [-0.3, -0.25) is 4.98 Å². The molecule has 0 fully saturated rings. The van der Waals surface area contributed by atoms with Crippen LogP contribution in [0.15, 0.2) is 71.8 Å². The van der Waals surface area contributed by atoms with E-state index in [1.807, 2.05) is 0 Å². The summed E-state index contributed by atoms with van der Waals surface area (Å²) in [4.78, 5) is 3.21. The number of benzene rings is 3. The summed E-state index contributed by atoms with van der Waals surface area (Å²) in [6.07, 6.45) is -8.08. The van der Waals surface area contributed by atoms with Gasteiger partial charge >= 0.3 is 12.4 Å². The summed E-state index contributed by atoms with van der Waals surface area (Å²) in [6, 6.07) is 12.7. The first-order valence-corrected chi connectivity index (χ1v) is 12.1. The molecule has 0 aliphatic carbocycles. The molecule has 0 aliphatic heterocycles. The number of aromatic nitrogens is 1. The molecule has 35 heavy (non-hydrogen) atoms. The number of halogens is 6. The normalized spacial score (nSPS) is 12.8. The number of rotatable bonds is 3. The number of para-hydroxylation sites is 1. The highest BCUT2D eigenvalue weighted by molar-refractivity contribution is 7.90. The standard InChI is InChI=1S/C25H17F6NO2S/c1-14-13-32-23-17(9-6-10-18(23)24(26,27)28)20(14)21-19(35(2,33)34)12-11-16(22(21)25(29,30)31)15-7-4-3-5-8-15/h3-13H,1-2H3. The van der Waals surface area contributed by atoms with Crippen molar-refractivity contribution >= 4 is 20.7 Å². The molecular weight excluding hydrogens is 492 g/mol. The summed E-state index contributed by atoms with van der Waals surface area (Å²) in [7, 11) is -4.23. The van der Waals surface area contributed by atoms with E-state index in [1.54, 1.807) is 6.07 Å². The predicted octanol–water partition coefficient (Wildman–Crippen LogP) is 7.32. The van der Waals surface area contributed by atoms with Crippen molar-refractivity contribution in [1.82, 2.24) is 4.98 Å². The van der Waals surface area contributed by atoms with E-state index in [4.69, 9.17) is 0 Å². The van der Waals surface area contributed by atoms with Gasteiger partial charge in [0.15, 0.2) is 9.84 Å². The lowest BCUT2D eigenvalue weighted by Crippen LogP contribution is -2.14. The fraction of sp³-hybridized carbons (Fsp3) is 0.160. The Balaban J connectivity index is 2.28. The Morgan fingerprint density at radius 2 is 1.43 bits per heavy atom. The molecule has 0 radical (unpaired) electrons. The maximum absolute atomic E-state index is 14.7. The van der Waals surface area contributed by atoms with E-state index in [0.29, 0.717) is 0 Å². The lowest BCUT2D eigenvalue weighted by atomic mass is 9.87. The minimum atomic E-state index is -5.04. The molecule has 0 unspecified atom stereocenters.